The van der Waals surface area contributed by atoms with E-state index >= 15 is 0 Å². The molecule has 1 aromatic carbocycles. The van der Waals surface area contributed by atoms with Gasteiger partial charge in [-0.3, -0.25) is 4.90 Å². The van der Waals surface area contributed by atoms with Crippen molar-refractivity contribution in [1.82, 2.24) is 15.5 Å². The molecule has 0 radical (unpaired) electrons. The summed E-state index contributed by atoms with van der Waals surface area (Å²) in [5.74, 6) is 1.39. The van der Waals surface area contributed by atoms with Crippen molar-refractivity contribution in [2.75, 3.05) is 32.7 Å². The van der Waals surface area contributed by atoms with Crippen molar-refractivity contribution in [3.63, 3.8) is 0 Å². The summed E-state index contributed by atoms with van der Waals surface area (Å²) in [4.78, 5) is 8.66. The number of aliphatic hydroxyl groups is 1. The van der Waals surface area contributed by atoms with Crippen LogP contribution in [0, 0.1) is 5.92 Å². The van der Waals surface area contributed by atoms with Crippen LogP contribution in [0.4, 0.5) is 0 Å². The maximum atomic E-state index is 10.8. The van der Waals surface area contributed by atoms with Crippen LogP contribution in [0.1, 0.15) is 37.1 Å². The van der Waals surface area contributed by atoms with Crippen molar-refractivity contribution in [2.45, 2.75) is 38.8 Å². The summed E-state index contributed by atoms with van der Waals surface area (Å²) in [6, 6.07) is 14.1. The number of nitrogens with one attached hydrogen (secondary N) is 2. The van der Waals surface area contributed by atoms with Gasteiger partial charge in [-0.15, -0.1) is 35.3 Å². The van der Waals surface area contributed by atoms with Crippen LogP contribution < -0.4 is 10.6 Å². The molecule has 2 aromatic rings. The lowest BCUT2D eigenvalue weighted by molar-refractivity contribution is 0.0672. The van der Waals surface area contributed by atoms with Gasteiger partial charge in [0.2, 0.25) is 0 Å². The average Bonchev–Trinajstić information content (AvgIpc) is 3.24. The second-order valence-corrected chi connectivity index (χ2v) is 9.07. The molecule has 1 fully saturated rings. The molecule has 30 heavy (non-hydrogen) atoms. The highest BCUT2D eigenvalue weighted by Gasteiger charge is 2.23. The largest absolute Gasteiger partial charge is 0.384 e. The predicted molar refractivity (Wildman–Crippen MR) is 138 cm³/mol. The standard InChI is InChI=1S/C23H34N4OS.HI/c1-3-24-22(26-18-23(2,28)20-10-5-4-6-11-20)25-15-19-9-7-13-27(16-19)17-21-12-8-14-29-21;/h4-6,8,10-12,14,19,28H,3,7,9,13,15-18H2,1-2H3,(H2,24,25,26);1H. The maximum absolute atomic E-state index is 10.8. The Morgan fingerprint density at radius 2 is 2.03 bits per heavy atom. The van der Waals surface area contributed by atoms with Gasteiger partial charge in [-0.05, 0) is 56.2 Å². The number of guanidine groups is 1. The highest BCUT2D eigenvalue weighted by atomic mass is 127. The third-order valence-electron chi connectivity index (χ3n) is 5.41. The van der Waals surface area contributed by atoms with Crippen LogP contribution in [-0.2, 0) is 12.1 Å². The number of halogens is 1. The first-order valence-corrected chi connectivity index (χ1v) is 11.5. The molecular formula is C23H35IN4OS. The van der Waals surface area contributed by atoms with E-state index in [-0.39, 0.29) is 24.0 Å². The molecule has 0 aliphatic carbocycles. The van der Waals surface area contributed by atoms with Gasteiger partial charge >= 0.3 is 0 Å². The van der Waals surface area contributed by atoms with Crippen LogP contribution in [-0.4, -0.2) is 48.7 Å². The molecule has 1 saturated heterocycles. The molecule has 2 unspecified atom stereocenters. The molecule has 3 rings (SSSR count). The zero-order valence-corrected chi connectivity index (χ0v) is 21.2. The van der Waals surface area contributed by atoms with Gasteiger partial charge in [0, 0.05) is 31.1 Å². The van der Waals surface area contributed by atoms with Gasteiger partial charge < -0.3 is 15.7 Å². The topological polar surface area (TPSA) is 59.9 Å². The summed E-state index contributed by atoms with van der Waals surface area (Å²) in [6.07, 6.45) is 2.49. The van der Waals surface area contributed by atoms with E-state index in [1.807, 2.05) is 48.6 Å². The number of thiophene rings is 1. The highest BCUT2D eigenvalue weighted by Crippen LogP contribution is 2.21. The number of aliphatic imine (C=N–C) groups is 1. The molecule has 3 N–H and O–H groups in total. The maximum Gasteiger partial charge on any atom is 0.191 e. The number of hydrogen-bond acceptors (Lipinski definition) is 4. The summed E-state index contributed by atoms with van der Waals surface area (Å²) >= 11 is 1.84. The van der Waals surface area contributed by atoms with Crippen molar-refractivity contribution >= 4 is 41.3 Å². The fourth-order valence-electron chi connectivity index (χ4n) is 3.79. The fraction of sp³-hybridized carbons (Fsp3) is 0.522. The zero-order chi connectivity index (χ0) is 20.5. The first kappa shape index (κ1) is 25.1. The van der Waals surface area contributed by atoms with E-state index < -0.39 is 5.60 Å². The van der Waals surface area contributed by atoms with Crippen LogP contribution in [0.5, 0.6) is 0 Å². The van der Waals surface area contributed by atoms with Crippen LogP contribution in [0.15, 0.2) is 52.8 Å². The van der Waals surface area contributed by atoms with Gasteiger partial charge in [0.05, 0.1) is 6.54 Å². The van der Waals surface area contributed by atoms with Crippen LogP contribution in [0.3, 0.4) is 0 Å². The molecule has 1 aliphatic rings. The number of rotatable bonds is 8. The smallest absolute Gasteiger partial charge is 0.191 e. The molecule has 0 bridgehead atoms. The van der Waals surface area contributed by atoms with E-state index in [2.05, 4.69) is 45.0 Å². The van der Waals surface area contributed by atoms with E-state index in [1.165, 1.54) is 24.3 Å². The molecule has 2 heterocycles. The Hall–Kier alpha value is -1.16. The minimum atomic E-state index is -0.980. The molecule has 0 amide bonds. The molecule has 1 aromatic heterocycles. The lowest BCUT2D eigenvalue weighted by Gasteiger charge is -2.32. The number of nitrogens with zero attached hydrogens (tertiary/aromatic N) is 2. The summed E-state index contributed by atoms with van der Waals surface area (Å²) in [5, 5.41) is 19.8. The Morgan fingerprint density at radius 3 is 2.73 bits per heavy atom. The molecular weight excluding hydrogens is 507 g/mol. The SMILES string of the molecule is CCNC(=NCC(C)(O)c1ccccc1)NCC1CCCN(Cc2cccs2)C1.I. The average molecular weight is 543 g/mol. The van der Waals surface area contributed by atoms with Crippen LogP contribution in [0.2, 0.25) is 0 Å². The lowest BCUT2D eigenvalue weighted by atomic mass is 9.96. The van der Waals surface area contributed by atoms with Gasteiger partial charge in [-0.2, -0.15) is 0 Å². The van der Waals surface area contributed by atoms with E-state index in [1.54, 1.807) is 0 Å². The fourth-order valence-corrected chi connectivity index (χ4v) is 4.53. The van der Waals surface area contributed by atoms with Gasteiger partial charge in [0.1, 0.15) is 5.60 Å². The quantitative estimate of drug-likeness (QED) is 0.268. The van der Waals surface area contributed by atoms with Gasteiger partial charge in [0.25, 0.3) is 0 Å². The van der Waals surface area contributed by atoms with E-state index in [4.69, 9.17) is 0 Å². The second-order valence-electron chi connectivity index (χ2n) is 8.04. The van der Waals surface area contributed by atoms with Gasteiger partial charge in [-0.1, -0.05) is 36.4 Å². The first-order valence-electron chi connectivity index (χ1n) is 10.6. The Morgan fingerprint density at radius 1 is 1.23 bits per heavy atom. The van der Waals surface area contributed by atoms with Crippen molar-refractivity contribution in [1.29, 1.82) is 0 Å². The van der Waals surface area contributed by atoms with Crippen molar-refractivity contribution < 1.29 is 5.11 Å². The normalized spacial score (nSPS) is 19.6. The van der Waals surface area contributed by atoms with Crippen LogP contribution in [0.25, 0.3) is 0 Å². The molecule has 2 atom stereocenters. The summed E-state index contributed by atoms with van der Waals surface area (Å²) < 4.78 is 0. The minimum Gasteiger partial charge on any atom is -0.384 e. The molecule has 7 heteroatoms. The molecule has 0 saturated carbocycles. The Bertz CT molecular complexity index is 752. The molecule has 5 nitrogen and oxygen atoms in total. The summed E-state index contributed by atoms with van der Waals surface area (Å²) in [6.45, 7) is 9.27. The zero-order valence-electron chi connectivity index (χ0n) is 18.0. The Labute approximate surface area is 202 Å². The number of piperidine rings is 1. The summed E-state index contributed by atoms with van der Waals surface area (Å²) in [5.41, 5.74) is -0.0949. The summed E-state index contributed by atoms with van der Waals surface area (Å²) in [7, 11) is 0. The molecule has 166 valence electrons. The van der Waals surface area contributed by atoms with Gasteiger partial charge in [-0.25, -0.2) is 4.99 Å². The second kappa shape index (κ2) is 12.6. The Balaban J connectivity index is 0.00000320. The third-order valence-corrected chi connectivity index (χ3v) is 6.27. The number of hydrogen-bond donors (Lipinski definition) is 3. The first-order chi connectivity index (χ1) is 14.1. The lowest BCUT2D eigenvalue weighted by Crippen LogP contribution is -2.44. The number of likely N-dealkylation sites (tertiary alicyclic amines) is 1. The van der Waals surface area contributed by atoms with Crippen molar-refractivity contribution in [3.8, 4) is 0 Å². The van der Waals surface area contributed by atoms with Crippen LogP contribution >= 0.6 is 35.3 Å². The van der Waals surface area contributed by atoms with E-state index in [9.17, 15) is 5.11 Å². The third kappa shape index (κ3) is 7.83. The van der Waals surface area contributed by atoms with Crippen molar-refractivity contribution in [3.05, 3.63) is 58.3 Å². The van der Waals surface area contributed by atoms with E-state index in [0.29, 0.717) is 12.5 Å². The molecule has 1 aliphatic heterocycles. The van der Waals surface area contributed by atoms with Crippen molar-refractivity contribution in [2.24, 2.45) is 10.9 Å². The highest BCUT2D eigenvalue weighted by molar-refractivity contribution is 14.0. The van der Waals surface area contributed by atoms with Gasteiger partial charge in [0.15, 0.2) is 5.96 Å². The van der Waals surface area contributed by atoms with E-state index in [0.717, 1.165) is 37.7 Å². The Kier molecular flexibility index (Phi) is 10.6. The minimum absolute atomic E-state index is 0. The predicted octanol–water partition coefficient (Wildman–Crippen LogP) is 4.04. The monoisotopic (exact) mass is 542 g/mol. The number of benzene rings is 1. The molecule has 0 spiro atoms.